The fourth-order valence-corrected chi connectivity index (χ4v) is 0.851. The van der Waals surface area contributed by atoms with E-state index >= 15 is 0 Å². The molecule has 0 spiro atoms. The summed E-state index contributed by atoms with van der Waals surface area (Å²) in [6.07, 6.45) is 0. The number of hydrogen-bond acceptors (Lipinski definition) is 3. The summed E-state index contributed by atoms with van der Waals surface area (Å²) in [5.74, 6) is -1.09. The second-order valence-electron chi connectivity index (χ2n) is 2.49. The van der Waals surface area contributed by atoms with Crippen molar-refractivity contribution in [1.29, 1.82) is 0 Å². The standard InChI is InChI=1S/C8H10N4O2/c9-8(10)11-12(14)7(13)6-4-2-1-3-5-6/h1-5,14H,(H4,9,10,11). The van der Waals surface area contributed by atoms with Crippen LogP contribution < -0.4 is 11.5 Å². The van der Waals surface area contributed by atoms with Gasteiger partial charge >= 0.3 is 0 Å². The Balaban J connectivity index is 2.82. The Morgan fingerprint density at radius 3 is 2.36 bits per heavy atom. The minimum atomic E-state index is -0.695. The smallest absolute Gasteiger partial charge is 0.299 e. The molecule has 0 saturated carbocycles. The van der Waals surface area contributed by atoms with Crippen LogP contribution in [-0.4, -0.2) is 22.2 Å². The summed E-state index contributed by atoms with van der Waals surface area (Å²) in [5, 5.41) is 12.3. The second kappa shape index (κ2) is 4.24. The number of nitrogens with two attached hydrogens (primary N) is 2. The SMILES string of the molecule is NC(N)=NN(O)C(=O)c1ccccc1. The van der Waals surface area contributed by atoms with E-state index in [2.05, 4.69) is 5.10 Å². The molecular formula is C8H10N4O2. The first kappa shape index (κ1) is 10.0. The van der Waals surface area contributed by atoms with Gasteiger partial charge in [0.15, 0.2) is 0 Å². The van der Waals surface area contributed by atoms with Crippen molar-refractivity contribution in [3.63, 3.8) is 0 Å². The Hall–Kier alpha value is -2.08. The highest BCUT2D eigenvalue weighted by Gasteiger charge is 2.11. The summed E-state index contributed by atoms with van der Waals surface area (Å²) >= 11 is 0. The van der Waals surface area contributed by atoms with Crippen LogP contribution in [0.15, 0.2) is 35.4 Å². The van der Waals surface area contributed by atoms with Gasteiger partial charge < -0.3 is 11.5 Å². The topological polar surface area (TPSA) is 105 Å². The van der Waals surface area contributed by atoms with Gasteiger partial charge in [-0.25, -0.2) is 0 Å². The minimum Gasteiger partial charge on any atom is -0.369 e. The largest absolute Gasteiger partial charge is 0.369 e. The summed E-state index contributed by atoms with van der Waals surface area (Å²) in [4.78, 5) is 11.3. The summed E-state index contributed by atoms with van der Waals surface area (Å²) in [6.45, 7) is 0. The van der Waals surface area contributed by atoms with Gasteiger partial charge in [-0.15, -0.1) is 5.10 Å². The molecule has 0 saturated heterocycles. The highest BCUT2D eigenvalue weighted by molar-refractivity contribution is 5.93. The lowest BCUT2D eigenvalue weighted by atomic mass is 10.2. The number of carbonyl (C=O) groups is 1. The molecule has 0 aromatic heterocycles. The number of amides is 1. The van der Waals surface area contributed by atoms with E-state index in [9.17, 15) is 4.79 Å². The van der Waals surface area contributed by atoms with Crippen molar-refractivity contribution in [3.8, 4) is 0 Å². The molecule has 0 aliphatic heterocycles. The Kier molecular flexibility index (Phi) is 3.03. The maximum absolute atomic E-state index is 11.3. The van der Waals surface area contributed by atoms with Crippen molar-refractivity contribution in [3.05, 3.63) is 35.9 Å². The lowest BCUT2D eigenvalue weighted by Crippen LogP contribution is -2.30. The fraction of sp³-hybridized carbons (Fsp3) is 0. The lowest BCUT2D eigenvalue weighted by molar-refractivity contribution is -0.0569. The maximum atomic E-state index is 11.3. The van der Waals surface area contributed by atoms with Crippen LogP contribution >= 0.6 is 0 Å². The Bertz CT molecular complexity index is 346. The molecule has 0 heterocycles. The molecule has 0 unspecified atom stereocenters. The fourth-order valence-electron chi connectivity index (χ4n) is 0.851. The van der Waals surface area contributed by atoms with Gasteiger partial charge in [-0.2, -0.15) is 0 Å². The average molecular weight is 194 g/mol. The zero-order valence-corrected chi connectivity index (χ0v) is 7.29. The molecule has 74 valence electrons. The van der Waals surface area contributed by atoms with Gasteiger partial charge in [0.1, 0.15) is 0 Å². The van der Waals surface area contributed by atoms with Gasteiger partial charge in [0.05, 0.1) is 0 Å². The third-order valence-corrected chi connectivity index (χ3v) is 1.41. The normalized spacial score (nSPS) is 9.21. The van der Waals surface area contributed by atoms with Crippen LogP contribution in [0.2, 0.25) is 0 Å². The number of rotatable bonds is 2. The van der Waals surface area contributed by atoms with E-state index in [1.807, 2.05) is 0 Å². The van der Waals surface area contributed by atoms with E-state index in [1.165, 1.54) is 12.1 Å². The van der Waals surface area contributed by atoms with Crippen LogP contribution in [0.5, 0.6) is 0 Å². The van der Waals surface area contributed by atoms with Crippen molar-refractivity contribution < 1.29 is 10.0 Å². The highest BCUT2D eigenvalue weighted by Crippen LogP contribution is 2.02. The number of benzene rings is 1. The number of hydroxylamine groups is 1. The van der Waals surface area contributed by atoms with Crippen LogP contribution in [0.25, 0.3) is 0 Å². The average Bonchev–Trinajstić information content (AvgIpc) is 2.17. The maximum Gasteiger partial charge on any atom is 0.299 e. The van der Waals surface area contributed by atoms with Crippen molar-refractivity contribution in [2.75, 3.05) is 0 Å². The molecule has 0 bridgehead atoms. The van der Waals surface area contributed by atoms with Gasteiger partial charge in [-0.05, 0) is 12.1 Å². The van der Waals surface area contributed by atoms with Crippen LogP contribution in [0, 0.1) is 0 Å². The molecule has 0 fully saturated rings. The number of nitrogens with zero attached hydrogens (tertiary/aromatic N) is 2. The van der Waals surface area contributed by atoms with Crippen molar-refractivity contribution in [2.45, 2.75) is 0 Å². The van der Waals surface area contributed by atoms with Crippen LogP contribution in [0.4, 0.5) is 0 Å². The van der Waals surface area contributed by atoms with Crippen LogP contribution in [-0.2, 0) is 0 Å². The molecular weight excluding hydrogens is 184 g/mol. The molecule has 1 amide bonds. The first-order valence-corrected chi connectivity index (χ1v) is 3.79. The van der Waals surface area contributed by atoms with Gasteiger partial charge in [-0.3, -0.25) is 10.0 Å². The van der Waals surface area contributed by atoms with E-state index < -0.39 is 11.9 Å². The minimum absolute atomic E-state index is 0.102. The van der Waals surface area contributed by atoms with Crippen molar-refractivity contribution in [2.24, 2.45) is 16.6 Å². The Morgan fingerprint density at radius 1 is 1.29 bits per heavy atom. The molecule has 0 aliphatic carbocycles. The molecule has 6 nitrogen and oxygen atoms in total. The lowest BCUT2D eigenvalue weighted by Gasteiger charge is -2.07. The molecule has 1 aromatic carbocycles. The molecule has 0 aliphatic rings. The molecule has 14 heavy (non-hydrogen) atoms. The summed E-state index contributed by atoms with van der Waals surface area (Å²) < 4.78 is 0. The van der Waals surface area contributed by atoms with E-state index in [0.717, 1.165) is 0 Å². The van der Waals surface area contributed by atoms with E-state index in [-0.39, 0.29) is 5.17 Å². The van der Waals surface area contributed by atoms with E-state index in [1.54, 1.807) is 18.2 Å². The van der Waals surface area contributed by atoms with Crippen LogP contribution in [0.3, 0.4) is 0 Å². The van der Waals surface area contributed by atoms with E-state index in [0.29, 0.717) is 5.56 Å². The summed E-state index contributed by atoms with van der Waals surface area (Å²) in [6, 6.07) is 8.15. The Labute approximate surface area is 80.4 Å². The first-order chi connectivity index (χ1) is 6.61. The van der Waals surface area contributed by atoms with Crippen molar-refractivity contribution in [1.82, 2.24) is 5.17 Å². The zero-order valence-electron chi connectivity index (χ0n) is 7.29. The van der Waals surface area contributed by atoms with Crippen molar-refractivity contribution >= 4 is 11.9 Å². The second-order valence-corrected chi connectivity index (χ2v) is 2.49. The van der Waals surface area contributed by atoms with Gasteiger partial charge in [0.2, 0.25) is 5.96 Å². The third kappa shape index (κ3) is 2.46. The highest BCUT2D eigenvalue weighted by atomic mass is 16.5. The van der Waals surface area contributed by atoms with Gasteiger partial charge in [-0.1, -0.05) is 23.4 Å². The predicted octanol–water partition coefficient (Wildman–Crippen LogP) is -0.294. The molecule has 1 rings (SSSR count). The quantitative estimate of drug-likeness (QED) is 0.260. The summed E-state index contributed by atoms with van der Waals surface area (Å²) in [7, 11) is 0. The number of guanidine groups is 1. The van der Waals surface area contributed by atoms with Gasteiger partial charge in [0, 0.05) is 5.56 Å². The molecule has 0 radical (unpaired) electrons. The van der Waals surface area contributed by atoms with E-state index in [4.69, 9.17) is 16.7 Å². The molecule has 5 N–H and O–H groups in total. The van der Waals surface area contributed by atoms with Crippen LogP contribution in [0.1, 0.15) is 10.4 Å². The molecule has 1 aromatic rings. The van der Waals surface area contributed by atoms with Gasteiger partial charge in [0.25, 0.3) is 5.91 Å². The number of carbonyl (C=O) groups excluding carboxylic acids is 1. The first-order valence-electron chi connectivity index (χ1n) is 3.79. The Morgan fingerprint density at radius 2 is 1.86 bits per heavy atom. The summed E-state index contributed by atoms with van der Waals surface area (Å²) in [5.41, 5.74) is 10.3. The third-order valence-electron chi connectivity index (χ3n) is 1.41. The predicted molar refractivity (Wildman–Crippen MR) is 50.2 cm³/mol. The zero-order chi connectivity index (χ0) is 10.6. The number of hydrazone groups is 1. The number of hydrogen-bond donors (Lipinski definition) is 3. The molecule has 6 heteroatoms. The monoisotopic (exact) mass is 194 g/mol. The molecule has 0 atom stereocenters.